The molecule has 94 valence electrons. The summed E-state index contributed by atoms with van der Waals surface area (Å²) in [7, 11) is 4.71. The summed E-state index contributed by atoms with van der Waals surface area (Å²) >= 11 is 3.41. The van der Waals surface area contributed by atoms with Gasteiger partial charge in [-0.05, 0) is 30.2 Å². The second kappa shape index (κ2) is 6.49. The number of halogens is 1. The molecule has 0 aromatic heterocycles. The Hall–Kier alpha value is -1.23. The van der Waals surface area contributed by atoms with E-state index >= 15 is 0 Å². The largest absolute Gasteiger partial charge is 0.496 e. The first-order chi connectivity index (χ1) is 8.08. The van der Waals surface area contributed by atoms with Crippen molar-refractivity contribution in [3.63, 3.8) is 0 Å². The number of ether oxygens (including phenoxy) is 2. The van der Waals surface area contributed by atoms with Crippen LogP contribution in [0.5, 0.6) is 5.75 Å². The maximum atomic E-state index is 11.2. The molecule has 1 amide bonds. The number of amides is 1. The molecular formula is C12H16BrNO3. The zero-order chi connectivity index (χ0) is 12.8. The van der Waals surface area contributed by atoms with Crippen molar-refractivity contribution in [2.45, 2.75) is 6.42 Å². The van der Waals surface area contributed by atoms with Crippen LogP contribution in [0.4, 0.5) is 4.79 Å². The summed E-state index contributed by atoms with van der Waals surface area (Å²) in [6, 6.07) is 5.81. The van der Waals surface area contributed by atoms with Crippen LogP contribution in [0.25, 0.3) is 0 Å². The van der Waals surface area contributed by atoms with Crippen molar-refractivity contribution in [3.8, 4) is 5.75 Å². The predicted molar refractivity (Wildman–Crippen MR) is 69.4 cm³/mol. The lowest BCUT2D eigenvalue weighted by Crippen LogP contribution is -2.28. The second-order valence-electron chi connectivity index (χ2n) is 3.60. The first-order valence-corrected chi connectivity index (χ1v) is 5.99. The molecule has 0 fully saturated rings. The Labute approximate surface area is 110 Å². The molecule has 0 aliphatic heterocycles. The number of carbonyl (C=O) groups excluding carboxylic acids is 1. The van der Waals surface area contributed by atoms with Crippen LogP contribution in [0.3, 0.4) is 0 Å². The summed E-state index contributed by atoms with van der Waals surface area (Å²) < 4.78 is 10.9. The van der Waals surface area contributed by atoms with Crippen molar-refractivity contribution in [1.29, 1.82) is 0 Å². The van der Waals surface area contributed by atoms with Crippen molar-refractivity contribution < 1.29 is 14.3 Å². The third kappa shape index (κ3) is 3.93. The fourth-order valence-corrected chi connectivity index (χ4v) is 1.89. The minimum atomic E-state index is -0.334. The molecule has 0 N–H and O–H groups in total. The topological polar surface area (TPSA) is 38.8 Å². The van der Waals surface area contributed by atoms with Crippen LogP contribution in [-0.4, -0.2) is 38.8 Å². The molecule has 0 saturated heterocycles. The van der Waals surface area contributed by atoms with Crippen LogP contribution in [0, 0.1) is 0 Å². The predicted octanol–water partition coefficient (Wildman–Crippen LogP) is 2.70. The van der Waals surface area contributed by atoms with Gasteiger partial charge in [-0.25, -0.2) is 4.79 Å². The minimum Gasteiger partial charge on any atom is -0.496 e. The molecule has 0 heterocycles. The molecule has 0 aliphatic rings. The van der Waals surface area contributed by atoms with E-state index in [1.165, 1.54) is 12.0 Å². The summed E-state index contributed by atoms with van der Waals surface area (Å²) in [6.45, 7) is 0.583. The fraction of sp³-hybridized carbons (Fsp3) is 0.417. The van der Waals surface area contributed by atoms with Gasteiger partial charge in [0.15, 0.2) is 0 Å². The van der Waals surface area contributed by atoms with Gasteiger partial charge in [0.2, 0.25) is 0 Å². The molecule has 5 heteroatoms. The maximum Gasteiger partial charge on any atom is 0.409 e. The number of nitrogens with zero attached hydrogens (tertiary/aromatic N) is 1. The van der Waals surface area contributed by atoms with Gasteiger partial charge in [0.1, 0.15) is 5.75 Å². The molecule has 1 rings (SSSR count). The summed E-state index contributed by atoms with van der Waals surface area (Å²) in [5.74, 6) is 0.825. The summed E-state index contributed by atoms with van der Waals surface area (Å²) in [4.78, 5) is 12.7. The fourth-order valence-electron chi connectivity index (χ4n) is 1.48. The Bertz CT molecular complexity index is 395. The van der Waals surface area contributed by atoms with Crippen molar-refractivity contribution >= 4 is 22.0 Å². The van der Waals surface area contributed by atoms with Gasteiger partial charge in [-0.15, -0.1) is 0 Å². The Balaban J connectivity index is 2.68. The Morgan fingerprint density at radius 1 is 1.41 bits per heavy atom. The highest BCUT2D eigenvalue weighted by atomic mass is 79.9. The molecule has 1 aromatic carbocycles. The van der Waals surface area contributed by atoms with Crippen molar-refractivity contribution in [2.24, 2.45) is 0 Å². The van der Waals surface area contributed by atoms with Crippen LogP contribution < -0.4 is 4.74 Å². The van der Waals surface area contributed by atoms with E-state index in [0.29, 0.717) is 13.0 Å². The monoisotopic (exact) mass is 301 g/mol. The van der Waals surface area contributed by atoms with E-state index in [4.69, 9.17) is 4.74 Å². The van der Waals surface area contributed by atoms with E-state index in [1.54, 1.807) is 14.2 Å². The van der Waals surface area contributed by atoms with E-state index in [-0.39, 0.29) is 6.09 Å². The average molecular weight is 302 g/mol. The van der Waals surface area contributed by atoms with Crippen LogP contribution in [0.2, 0.25) is 0 Å². The van der Waals surface area contributed by atoms with Crippen molar-refractivity contribution in [2.75, 3.05) is 27.8 Å². The highest BCUT2D eigenvalue weighted by Gasteiger charge is 2.10. The minimum absolute atomic E-state index is 0.334. The molecule has 0 unspecified atom stereocenters. The number of rotatable bonds is 4. The lowest BCUT2D eigenvalue weighted by Gasteiger charge is -2.16. The molecule has 0 aliphatic carbocycles. The van der Waals surface area contributed by atoms with Crippen molar-refractivity contribution in [3.05, 3.63) is 28.2 Å². The molecule has 1 aromatic rings. The van der Waals surface area contributed by atoms with E-state index in [2.05, 4.69) is 20.7 Å². The van der Waals surface area contributed by atoms with Crippen molar-refractivity contribution in [1.82, 2.24) is 4.90 Å². The Morgan fingerprint density at radius 3 is 2.71 bits per heavy atom. The number of benzene rings is 1. The van der Waals surface area contributed by atoms with Crippen LogP contribution in [-0.2, 0) is 11.2 Å². The zero-order valence-corrected chi connectivity index (χ0v) is 11.8. The Kier molecular flexibility index (Phi) is 5.28. The highest BCUT2D eigenvalue weighted by molar-refractivity contribution is 9.10. The molecule has 0 radical (unpaired) electrons. The number of methoxy groups -OCH3 is 2. The van der Waals surface area contributed by atoms with E-state index in [1.807, 2.05) is 18.2 Å². The normalized spacial score (nSPS) is 9.88. The molecule has 4 nitrogen and oxygen atoms in total. The van der Waals surface area contributed by atoms with Gasteiger partial charge in [0, 0.05) is 18.1 Å². The summed E-state index contributed by atoms with van der Waals surface area (Å²) in [5, 5.41) is 0. The molecule has 0 spiro atoms. The maximum absolute atomic E-state index is 11.2. The van der Waals surface area contributed by atoms with Gasteiger partial charge < -0.3 is 14.4 Å². The van der Waals surface area contributed by atoms with Gasteiger partial charge in [-0.2, -0.15) is 0 Å². The van der Waals surface area contributed by atoms with E-state index < -0.39 is 0 Å². The number of hydrogen-bond acceptors (Lipinski definition) is 3. The first kappa shape index (κ1) is 13.8. The van der Waals surface area contributed by atoms with Crippen LogP contribution in [0.15, 0.2) is 22.7 Å². The highest BCUT2D eigenvalue weighted by Crippen LogP contribution is 2.23. The number of likely N-dealkylation sites (N-methyl/N-ethyl adjacent to an activating group) is 1. The number of hydrogen-bond donors (Lipinski definition) is 0. The first-order valence-electron chi connectivity index (χ1n) is 5.20. The quantitative estimate of drug-likeness (QED) is 0.858. The van der Waals surface area contributed by atoms with E-state index in [9.17, 15) is 4.79 Å². The molecule has 0 atom stereocenters. The van der Waals surface area contributed by atoms with Gasteiger partial charge in [-0.3, -0.25) is 0 Å². The average Bonchev–Trinajstić information content (AvgIpc) is 2.35. The van der Waals surface area contributed by atoms with Gasteiger partial charge in [0.25, 0.3) is 0 Å². The molecule has 0 saturated carbocycles. The molecular weight excluding hydrogens is 286 g/mol. The lowest BCUT2D eigenvalue weighted by atomic mass is 10.1. The van der Waals surface area contributed by atoms with E-state index in [0.717, 1.165) is 15.8 Å². The van der Waals surface area contributed by atoms with Crippen LogP contribution in [0.1, 0.15) is 5.56 Å². The van der Waals surface area contributed by atoms with Crippen LogP contribution >= 0.6 is 15.9 Å². The summed E-state index contributed by atoms with van der Waals surface area (Å²) in [6.07, 6.45) is 0.382. The lowest BCUT2D eigenvalue weighted by molar-refractivity contribution is 0.134. The van der Waals surface area contributed by atoms with Gasteiger partial charge in [-0.1, -0.05) is 15.9 Å². The zero-order valence-electron chi connectivity index (χ0n) is 10.2. The SMILES string of the molecule is COC(=O)N(C)CCc1cc(Br)ccc1OC. The number of carbonyl (C=O) groups is 1. The summed E-state index contributed by atoms with van der Waals surface area (Å²) in [5.41, 5.74) is 1.05. The third-order valence-electron chi connectivity index (χ3n) is 2.45. The standard InChI is InChI=1S/C12H16BrNO3/c1-14(12(15)17-3)7-6-9-8-10(13)4-5-11(9)16-2/h4-5,8H,6-7H2,1-3H3. The second-order valence-corrected chi connectivity index (χ2v) is 4.51. The smallest absolute Gasteiger partial charge is 0.409 e. The molecule has 0 bridgehead atoms. The Morgan fingerprint density at radius 2 is 2.12 bits per heavy atom. The molecule has 17 heavy (non-hydrogen) atoms. The van der Waals surface area contributed by atoms with Gasteiger partial charge >= 0.3 is 6.09 Å². The van der Waals surface area contributed by atoms with Gasteiger partial charge in [0.05, 0.1) is 14.2 Å². The third-order valence-corrected chi connectivity index (χ3v) is 2.94.